The molecule has 0 aliphatic heterocycles. The van der Waals surface area contributed by atoms with Crippen LogP contribution in [0.5, 0.6) is 0 Å². The smallest absolute Gasteiger partial charge is 0.305 e. The largest absolute Gasteiger partial charge is 0.466 e. The van der Waals surface area contributed by atoms with Crippen LogP contribution in [0.15, 0.2) is 24.3 Å². The lowest BCUT2D eigenvalue weighted by Gasteiger charge is -2.22. The van der Waals surface area contributed by atoms with Crippen molar-refractivity contribution in [2.75, 3.05) is 13.2 Å². The van der Waals surface area contributed by atoms with Gasteiger partial charge in [-0.1, -0.05) is 301 Å². The van der Waals surface area contributed by atoms with Crippen LogP contribution in [-0.4, -0.2) is 47.4 Å². The number of rotatable bonds is 59. The molecule has 6 nitrogen and oxygen atoms in total. The molecule has 0 aromatic heterocycles. The van der Waals surface area contributed by atoms with Gasteiger partial charge in [-0.3, -0.25) is 9.59 Å². The third-order valence-corrected chi connectivity index (χ3v) is 14.8. The minimum absolute atomic E-state index is 0.00373. The molecule has 0 rings (SSSR count). The molecule has 0 saturated carbocycles. The zero-order valence-electron chi connectivity index (χ0n) is 47.3. The van der Waals surface area contributed by atoms with Crippen molar-refractivity contribution in [3.05, 3.63) is 24.3 Å². The van der Waals surface area contributed by atoms with E-state index in [1.165, 1.54) is 263 Å². The Bertz CT molecular complexity index is 1090. The average Bonchev–Trinajstić information content (AvgIpc) is 3.36. The van der Waals surface area contributed by atoms with Crippen LogP contribution >= 0.6 is 0 Å². The summed E-state index contributed by atoms with van der Waals surface area (Å²) in [7, 11) is 0. The maximum absolute atomic E-state index is 12.5. The van der Waals surface area contributed by atoms with E-state index < -0.39 is 12.1 Å². The topological polar surface area (TPSA) is 95.9 Å². The maximum atomic E-state index is 12.5. The maximum Gasteiger partial charge on any atom is 0.305 e. The van der Waals surface area contributed by atoms with E-state index in [0.29, 0.717) is 25.9 Å². The van der Waals surface area contributed by atoms with Gasteiger partial charge in [0.05, 0.1) is 25.4 Å². The summed E-state index contributed by atoms with van der Waals surface area (Å²) < 4.78 is 5.48. The Morgan fingerprint density at radius 2 is 0.714 bits per heavy atom. The van der Waals surface area contributed by atoms with Gasteiger partial charge < -0.3 is 20.3 Å². The molecular weight excluding hydrogens is 863 g/mol. The lowest BCUT2D eigenvalue weighted by Crippen LogP contribution is -2.45. The molecule has 2 atom stereocenters. The number of allylic oxidation sites excluding steroid dienone is 4. The van der Waals surface area contributed by atoms with E-state index in [0.717, 1.165) is 51.4 Å². The molecule has 0 bridgehead atoms. The second-order valence-electron chi connectivity index (χ2n) is 21.7. The van der Waals surface area contributed by atoms with Crippen molar-refractivity contribution in [3.63, 3.8) is 0 Å². The highest BCUT2D eigenvalue weighted by molar-refractivity contribution is 5.76. The number of ether oxygens (including phenoxy) is 1. The van der Waals surface area contributed by atoms with Crippen molar-refractivity contribution in [1.29, 1.82) is 0 Å². The fourth-order valence-corrected chi connectivity index (χ4v) is 9.91. The van der Waals surface area contributed by atoms with Gasteiger partial charge in [0, 0.05) is 12.8 Å². The SMILES string of the molecule is CCCCCC/C=C\C/C=C\CCCCCCCC(=O)OCCCCCCCCCCCCCCCCCCCCCC(=O)NC(CO)C(O)CCCCCCCCCCCCCCCCCCCC. The quantitative estimate of drug-likeness (QED) is 0.0321. The van der Waals surface area contributed by atoms with Crippen molar-refractivity contribution in [1.82, 2.24) is 5.32 Å². The minimum atomic E-state index is -0.667. The summed E-state index contributed by atoms with van der Waals surface area (Å²) in [5.74, 6) is -0.0390. The Labute approximate surface area is 437 Å². The third-order valence-electron chi connectivity index (χ3n) is 14.8. The number of amides is 1. The van der Waals surface area contributed by atoms with Crippen LogP contribution in [0.3, 0.4) is 0 Å². The fourth-order valence-electron chi connectivity index (χ4n) is 9.91. The van der Waals surface area contributed by atoms with E-state index in [4.69, 9.17) is 4.74 Å². The van der Waals surface area contributed by atoms with E-state index >= 15 is 0 Å². The zero-order chi connectivity index (χ0) is 50.7. The standard InChI is InChI=1S/C64H123NO5/c1-3-5-7-9-11-13-15-17-19-21-25-28-32-36-40-44-48-52-56-62(67)61(60-66)65-63(68)57-53-49-45-41-37-33-29-26-23-22-24-27-31-35-39-43-47-51-55-59-70-64(69)58-54-50-46-42-38-34-30-20-18-16-14-12-10-8-6-4-2/h14,16,20,30,61-62,66-67H,3-13,15,17-19,21-29,31-60H2,1-2H3,(H,65,68)/b16-14-,30-20-. The second kappa shape index (κ2) is 59.9. The van der Waals surface area contributed by atoms with E-state index in [2.05, 4.69) is 43.5 Å². The number of hydrogen-bond acceptors (Lipinski definition) is 5. The number of aliphatic hydroxyl groups is 2. The van der Waals surface area contributed by atoms with Crippen LogP contribution in [0.25, 0.3) is 0 Å². The van der Waals surface area contributed by atoms with Crippen LogP contribution in [0, 0.1) is 0 Å². The van der Waals surface area contributed by atoms with E-state index in [1.807, 2.05) is 0 Å². The number of esters is 1. The predicted octanol–water partition coefficient (Wildman–Crippen LogP) is 19.8. The molecule has 0 aromatic rings. The summed E-state index contributed by atoms with van der Waals surface area (Å²) in [4.78, 5) is 24.6. The summed E-state index contributed by atoms with van der Waals surface area (Å²) in [6.45, 7) is 4.95. The van der Waals surface area contributed by atoms with Crippen LogP contribution in [0.1, 0.15) is 348 Å². The van der Waals surface area contributed by atoms with E-state index in [9.17, 15) is 19.8 Å². The highest BCUT2D eigenvalue weighted by atomic mass is 16.5. The molecule has 414 valence electrons. The number of carbonyl (C=O) groups excluding carboxylic acids is 2. The first kappa shape index (κ1) is 68.3. The summed E-state index contributed by atoms with van der Waals surface area (Å²) in [5, 5.41) is 23.3. The number of aliphatic hydroxyl groups excluding tert-OH is 2. The summed E-state index contributed by atoms with van der Waals surface area (Å²) >= 11 is 0. The second-order valence-corrected chi connectivity index (χ2v) is 21.7. The van der Waals surface area contributed by atoms with Crippen LogP contribution in [0.4, 0.5) is 0 Å². The van der Waals surface area contributed by atoms with Gasteiger partial charge in [-0.05, 0) is 57.8 Å². The van der Waals surface area contributed by atoms with Crippen molar-refractivity contribution >= 4 is 11.9 Å². The highest BCUT2D eigenvalue weighted by Crippen LogP contribution is 2.18. The molecule has 0 spiro atoms. The van der Waals surface area contributed by atoms with Gasteiger partial charge in [0.2, 0.25) is 5.91 Å². The first-order valence-electron chi connectivity index (χ1n) is 31.6. The molecule has 2 unspecified atom stereocenters. The van der Waals surface area contributed by atoms with Crippen molar-refractivity contribution in [2.45, 2.75) is 360 Å². The molecule has 0 aliphatic carbocycles. The van der Waals surface area contributed by atoms with Crippen LogP contribution < -0.4 is 5.32 Å². The lowest BCUT2D eigenvalue weighted by molar-refractivity contribution is -0.143. The zero-order valence-corrected chi connectivity index (χ0v) is 47.3. The van der Waals surface area contributed by atoms with Crippen molar-refractivity contribution < 1.29 is 24.5 Å². The average molecular weight is 987 g/mol. The Hall–Kier alpha value is -1.66. The molecule has 1 amide bonds. The van der Waals surface area contributed by atoms with Gasteiger partial charge in [-0.2, -0.15) is 0 Å². The number of unbranched alkanes of at least 4 members (excludes halogenated alkanes) is 44. The molecule has 0 aromatic carbocycles. The Balaban J connectivity index is 3.40. The number of nitrogens with one attached hydrogen (secondary N) is 1. The molecule has 3 N–H and O–H groups in total. The number of carbonyl (C=O) groups is 2. The first-order valence-corrected chi connectivity index (χ1v) is 31.6. The fraction of sp³-hybridized carbons (Fsp3) is 0.906. The molecule has 0 saturated heterocycles. The Morgan fingerprint density at radius 3 is 1.10 bits per heavy atom. The predicted molar refractivity (Wildman–Crippen MR) is 306 cm³/mol. The molecule has 0 aliphatic rings. The lowest BCUT2D eigenvalue weighted by atomic mass is 10.0. The molecular formula is C64H123NO5. The Kier molecular flexibility index (Phi) is 58.5. The van der Waals surface area contributed by atoms with Crippen molar-refractivity contribution in [3.8, 4) is 0 Å². The van der Waals surface area contributed by atoms with Crippen molar-refractivity contribution in [2.24, 2.45) is 0 Å². The van der Waals surface area contributed by atoms with Gasteiger partial charge in [0.1, 0.15) is 0 Å². The summed E-state index contributed by atoms with van der Waals surface area (Å²) in [6, 6.07) is -0.544. The van der Waals surface area contributed by atoms with Gasteiger partial charge >= 0.3 is 5.97 Å². The first-order chi connectivity index (χ1) is 34.5. The normalized spacial score (nSPS) is 12.7. The molecule has 6 heteroatoms. The van der Waals surface area contributed by atoms with E-state index in [1.54, 1.807) is 0 Å². The van der Waals surface area contributed by atoms with Gasteiger partial charge in [-0.15, -0.1) is 0 Å². The molecule has 70 heavy (non-hydrogen) atoms. The van der Waals surface area contributed by atoms with Gasteiger partial charge in [0.25, 0.3) is 0 Å². The highest BCUT2D eigenvalue weighted by Gasteiger charge is 2.20. The monoisotopic (exact) mass is 986 g/mol. The molecule has 0 fully saturated rings. The van der Waals surface area contributed by atoms with Crippen LogP contribution in [-0.2, 0) is 14.3 Å². The summed E-state index contributed by atoms with van der Waals surface area (Å²) in [6.07, 6.45) is 73.2. The van der Waals surface area contributed by atoms with Gasteiger partial charge in [0.15, 0.2) is 0 Å². The van der Waals surface area contributed by atoms with Gasteiger partial charge in [-0.25, -0.2) is 0 Å². The third kappa shape index (κ3) is 55.7. The summed E-state index contributed by atoms with van der Waals surface area (Å²) in [5.41, 5.74) is 0. The van der Waals surface area contributed by atoms with E-state index in [-0.39, 0.29) is 18.5 Å². The number of hydrogen-bond donors (Lipinski definition) is 3. The van der Waals surface area contributed by atoms with Crippen LogP contribution in [0.2, 0.25) is 0 Å². The molecule has 0 radical (unpaired) electrons. The Morgan fingerprint density at radius 1 is 0.400 bits per heavy atom. The minimum Gasteiger partial charge on any atom is -0.466 e. The molecule has 0 heterocycles.